The van der Waals surface area contributed by atoms with Crippen LogP contribution in [0.3, 0.4) is 0 Å². The zero-order chi connectivity index (χ0) is 17.8. The molecule has 4 nitrogen and oxygen atoms in total. The number of thiazole rings is 1. The molecule has 0 radical (unpaired) electrons. The number of nitrogens with one attached hydrogen (secondary N) is 2. The van der Waals surface area contributed by atoms with E-state index in [1.165, 1.54) is 21.8 Å². The van der Waals surface area contributed by atoms with Crippen LogP contribution >= 0.6 is 11.3 Å². The molecular weight excluding hydrogens is 342 g/mol. The quantitative estimate of drug-likeness (QED) is 0.730. The zero-order valence-corrected chi connectivity index (χ0v) is 15.3. The first-order valence-electron chi connectivity index (χ1n) is 8.97. The number of likely N-dealkylation sites (tertiary alicyclic amines) is 1. The first-order valence-corrected chi connectivity index (χ1v) is 9.85. The summed E-state index contributed by atoms with van der Waals surface area (Å²) in [6.45, 7) is 3.07. The highest BCUT2D eigenvalue weighted by atomic mass is 32.1. The molecule has 26 heavy (non-hydrogen) atoms. The van der Waals surface area contributed by atoms with Crippen molar-refractivity contribution < 1.29 is 9.69 Å². The topological polar surface area (TPSA) is 46.4 Å². The van der Waals surface area contributed by atoms with Gasteiger partial charge in [-0.05, 0) is 0 Å². The van der Waals surface area contributed by atoms with Gasteiger partial charge in [0.05, 0.1) is 19.1 Å². The number of carbonyl (C=O) groups excluding carboxylic acids is 1. The summed E-state index contributed by atoms with van der Waals surface area (Å²) in [5.41, 5.74) is 2.92. The van der Waals surface area contributed by atoms with Crippen LogP contribution in [0.15, 0.2) is 66.0 Å². The van der Waals surface area contributed by atoms with Crippen LogP contribution in [-0.2, 0) is 6.54 Å². The van der Waals surface area contributed by atoms with E-state index in [2.05, 4.69) is 34.6 Å². The molecule has 1 aromatic heterocycles. The van der Waals surface area contributed by atoms with E-state index in [-0.39, 0.29) is 11.9 Å². The number of quaternary nitrogens is 1. The molecule has 0 aliphatic carbocycles. The van der Waals surface area contributed by atoms with Gasteiger partial charge in [-0.1, -0.05) is 60.7 Å². The SMILES string of the molecule is O=C(N[C@H]1CC[NH+](Cc2ccccc2)C1)c1csc(-c2ccccc2)n1. The fourth-order valence-corrected chi connectivity index (χ4v) is 4.26. The molecule has 1 aliphatic rings. The highest BCUT2D eigenvalue weighted by Gasteiger charge is 2.28. The number of hydrogen-bond acceptors (Lipinski definition) is 3. The predicted molar refractivity (Wildman–Crippen MR) is 104 cm³/mol. The van der Waals surface area contributed by atoms with E-state index >= 15 is 0 Å². The van der Waals surface area contributed by atoms with Crippen molar-refractivity contribution in [2.75, 3.05) is 13.1 Å². The van der Waals surface area contributed by atoms with E-state index in [0.29, 0.717) is 5.69 Å². The third kappa shape index (κ3) is 4.00. The van der Waals surface area contributed by atoms with Gasteiger partial charge in [0.2, 0.25) is 0 Å². The molecule has 2 N–H and O–H groups in total. The summed E-state index contributed by atoms with van der Waals surface area (Å²) in [6, 6.07) is 20.7. The minimum absolute atomic E-state index is 0.0607. The van der Waals surface area contributed by atoms with Crippen LogP contribution in [0.5, 0.6) is 0 Å². The molecule has 0 bridgehead atoms. The van der Waals surface area contributed by atoms with Crippen LogP contribution in [0, 0.1) is 0 Å². The Hall–Kier alpha value is -2.50. The molecule has 5 heteroatoms. The summed E-state index contributed by atoms with van der Waals surface area (Å²) >= 11 is 1.51. The highest BCUT2D eigenvalue weighted by molar-refractivity contribution is 7.13. The third-order valence-electron chi connectivity index (χ3n) is 4.77. The Morgan fingerprint density at radius 3 is 2.62 bits per heavy atom. The fraction of sp³-hybridized carbons (Fsp3) is 0.238. The normalized spacial score (nSPS) is 19.4. The summed E-state index contributed by atoms with van der Waals surface area (Å²) in [5.74, 6) is -0.0607. The van der Waals surface area contributed by atoms with E-state index in [0.717, 1.165) is 36.6 Å². The number of carbonyl (C=O) groups is 1. The van der Waals surface area contributed by atoms with Crippen molar-refractivity contribution in [2.45, 2.75) is 19.0 Å². The number of nitrogens with zero attached hydrogens (tertiary/aromatic N) is 1. The molecule has 4 rings (SSSR count). The summed E-state index contributed by atoms with van der Waals surface area (Å²) in [6.07, 6.45) is 1.02. The first kappa shape index (κ1) is 16.9. The van der Waals surface area contributed by atoms with E-state index in [1.54, 1.807) is 0 Å². The molecule has 2 aromatic carbocycles. The second-order valence-corrected chi connectivity index (χ2v) is 7.59. The van der Waals surface area contributed by atoms with Crippen molar-refractivity contribution in [1.29, 1.82) is 0 Å². The number of benzene rings is 2. The minimum atomic E-state index is -0.0607. The van der Waals surface area contributed by atoms with Gasteiger partial charge < -0.3 is 10.2 Å². The zero-order valence-electron chi connectivity index (χ0n) is 14.5. The van der Waals surface area contributed by atoms with Gasteiger partial charge in [0.25, 0.3) is 5.91 Å². The van der Waals surface area contributed by atoms with Crippen LogP contribution in [-0.4, -0.2) is 30.0 Å². The van der Waals surface area contributed by atoms with Gasteiger partial charge in [0.15, 0.2) is 0 Å². The smallest absolute Gasteiger partial charge is 0.271 e. The minimum Gasteiger partial charge on any atom is -0.342 e. The molecule has 0 spiro atoms. The molecule has 2 atom stereocenters. The molecular formula is C21H22N3OS+. The average Bonchev–Trinajstić information content (AvgIpc) is 3.33. The van der Waals surface area contributed by atoms with Crippen LogP contribution in [0.1, 0.15) is 22.5 Å². The van der Waals surface area contributed by atoms with Crippen molar-refractivity contribution in [3.63, 3.8) is 0 Å². The standard InChI is InChI=1S/C21H21N3OS/c25-20(19-15-26-21(23-19)17-9-5-2-6-10-17)22-18-11-12-24(14-18)13-16-7-3-1-4-8-16/h1-10,15,18H,11-14H2,(H,22,25)/p+1/t18-/m0/s1. The van der Waals surface area contributed by atoms with Crippen LogP contribution in [0.2, 0.25) is 0 Å². The number of amides is 1. The van der Waals surface area contributed by atoms with Crippen LogP contribution < -0.4 is 10.2 Å². The molecule has 1 unspecified atom stereocenters. The van der Waals surface area contributed by atoms with E-state index in [4.69, 9.17) is 0 Å². The second-order valence-electron chi connectivity index (χ2n) is 6.73. The van der Waals surface area contributed by atoms with Crippen LogP contribution in [0.4, 0.5) is 0 Å². The van der Waals surface area contributed by atoms with E-state index in [9.17, 15) is 4.79 Å². The number of aromatic nitrogens is 1. The molecule has 3 aromatic rings. The van der Waals surface area contributed by atoms with Gasteiger partial charge >= 0.3 is 0 Å². The monoisotopic (exact) mass is 364 g/mol. The largest absolute Gasteiger partial charge is 0.342 e. The summed E-state index contributed by atoms with van der Waals surface area (Å²) in [5, 5.41) is 5.90. The molecule has 1 saturated heterocycles. The van der Waals surface area contributed by atoms with Crippen LogP contribution in [0.25, 0.3) is 10.6 Å². The highest BCUT2D eigenvalue weighted by Crippen LogP contribution is 2.23. The Labute approximate surface area is 157 Å². The van der Waals surface area contributed by atoms with E-state index in [1.807, 2.05) is 41.8 Å². The molecule has 0 saturated carbocycles. The lowest BCUT2D eigenvalue weighted by atomic mass is 10.2. The Kier molecular flexibility index (Phi) is 5.09. The van der Waals surface area contributed by atoms with Gasteiger partial charge in [0.1, 0.15) is 17.2 Å². The molecule has 2 heterocycles. The number of hydrogen-bond donors (Lipinski definition) is 2. The third-order valence-corrected chi connectivity index (χ3v) is 5.66. The Bertz CT molecular complexity index is 863. The lowest BCUT2D eigenvalue weighted by Gasteiger charge is -2.14. The van der Waals surface area contributed by atoms with E-state index < -0.39 is 0 Å². The van der Waals surface area contributed by atoms with Crippen molar-refractivity contribution in [3.05, 3.63) is 77.3 Å². The Morgan fingerprint density at radius 2 is 1.85 bits per heavy atom. The average molecular weight is 364 g/mol. The fourth-order valence-electron chi connectivity index (χ4n) is 3.45. The van der Waals surface area contributed by atoms with Gasteiger partial charge in [-0.25, -0.2) is 4.98 Å². The first-order chi connectivity index (χ1) is 12.8. The Balaban J connectivity index is 1.33. The van der Waals surface area contributed by atoms with Crippen molar-refractivity contribution in [3.8, 4) is 10.6 Å². The predicted octanol–water partition coefficient (Wildman–Crippen LogP) is 2.40. The molecule has 1 fully saturated rings. The summed E-state index contributed by atoms with van der Waals surface area (Å²) in [4.78, 5) is 18.6. The van der Waals surface area contributed by atoms with Gasteiger partial charge in [-0.15, -0.1) is 11.3 Å². The second kappa shape index (κ2) is 7.81. The maximum atomic E-state index is 12.5. The van der Waals surface area contributed by atoms with Crippen molar-refractivity contribution >= 4 is 17.2 Å². The molecule has 1 aliphatic heterocycles. The van der Waals surface area contributed by atoms with Gasteiger partial charge in [-0.3, -0.25) is 4.79 Å². The lowest BCUT2D eigenvalue weighted by Crippen LogP contribution is -3.09. The molecule has 132 valence electrons. The summed E-state index contributed by atoms with van der Waals surface area (Å²) in [7, 11) is 0. The molecule has 1 amide bonds. The van der Waals surface area contributed by atoms with Crippen molar-refractivity contribution in [2.24, 2.45) is 0 Å². The van der Waals surface area contributed by atoms with Crippen molar-refractivity contribution in [1.82, 2.24) is 10.3 Å². The number of rotatable bonds is 5. The summed E-state index contributed by atoms with van der Waals surface area (Å²) < 4.78 is 0. The lowest BCUT2D eigenvalue weighted by molar-refractivity contribution is -0.901. The van der Waals surface area contributed by atoms with Gasteiger partial charge in [-0.2, -0.15) is 0 Å². The maximum Gasteiger partial charge on any atom is 0.271 e. The van der Waals surface area contributed by atoms with Gasteiger partial charge in [0, 0.05) is 22.9 Å². The maximum absolute atomic E-state index is 12.5. The Morgan fingerprint density at radius 1 is 1.12 bits per heavy atom.